The highest BCUT2D eigenvalue weighted by molar-refractivity contribution is 5.85. The Kier molecular flexibility index (Phi) is 7.66. The molecule has 0 saturated carbocycles. The maximum absolute atomic E-state index is 15.8. The number of aromatic amines is 1. The molecule has 5 rings (SSSR count). The minimum atomic E-state index is -3.44. The summed E-state index contributed by atoms with van der Waals surface area (Å²) in [5, 5.41) is 13.3. The standard InChI is InChI=1S/C28H33F5N4O/c1-17-11-21-20-5-2-3-6-24(20)35-26(21)27(37(17)15-28(32,33)16-38)25-22(30)12-19(13-23(25)31)34-18-7-10-36(14-18)9-4-8-29/h2-3,5-6,12-13,17-18,27,34-35,38H,4,7-11,14-16H2,1H3/t17-,18-,27-/m1/s1. The van der Waals surface area contributed by atoms with Gasteiger partial charge >= 0.3 is 0 Å². The minimum absolute atomic E-state index is 0.0333. The van der Waals surface area contributed by atoms with Crippen LogP contribution in [0.25, 0.3) is 10.9 Å². The van der Waals surface area contributed by atoms with Gasteiger partial charge in [-0.1, -0.05) is 18.2 Å². The van der Waals surface area contributed by atoms with Crippen molar-refractivity contribution in [1.29, 1.82) is 0 Å². The molecule has 0 spiro atoms. The molecule has 3 N–H and O–H groups in total. The van der Waals surface area contributed by atoms with E-state index in [1.165, 1.54) is 17.0 Å². The third-order valence-corrected chi connectivity index (χ3v) is 7.77. The van der Waals surface area contributed by atoms with Crippen molar-refractivity contribution in [2.24, 2.45) is 0 Å². The van der Waals surface area contributed by atoms with Crippen LogP contribution < -0.4 is 5.32 Å². The number of rotatable bonds is 9. The van der Waals surface area contributed by atoms with Gasteiger partial charge in [-0.3, -0.25) is 9.29 Å². The van der Waals surface area contributed by atoms with Crippen molar-refractivity contribution >= 4 is 16.6 Å². The van der Waals surface area contributed by atoms with Gasteiger partial charge in [-0.2, -0.15) is 0 Å². The third kappa shape index (κ3) is 5.26. The van der Waals surface area contributed by atoms with E-state index in [4.69, 9.17) is 0 Å². The molecule has 1 saturated heterocycles. The van der Waals surface area contributed by atoms with E-state index in [0.29, 0.717) is 31.6 Å². The molecule has 0 bridgehead atoms. The molecular weight excluding hydrogens is 503 g/mol. The Labute approximate surface area is 218 Å². The number of hydrogen-bond acceptors (Lipinski definition) is 4. The van der Waals surface area contributed by atoms with Gasteiger partial charge in [0.2, 0.25) is 0 Å². The summed E-state index contributed by atoms with van der Waals surface area (Å²) in [6, 6.07) is 8.26. The Hall–Kier alpha value is -2.69. The van der Waals surface area contributed by atoms with Gasteiger partial charge in [0, 0.05) is 59.6 Å². The molecule has 0 aliphatic carbocycles. The van der Waals surface area contributed by atoms with Crippen LogP contribution in [0.4, 0.5) is 27.6 Å². The lowest BCUT2D eigenvalue weighted by molar-refractivity contribution is -0.0869. The number of halogens is 5. The van der Waals surface area contributed by atoms with Crippen LogP contribution in [0.15, 0.2) is 36.4 Å². The van der Waals surface area contributed by atoms with Crippen molar-refractivity contribution in [3.8, 4) is 0 Å². The molecule has 1 aromatic heterocycles. The van der Waals surface area contributed by atoms with Gasteiger partial charge in [0.15, 0.2) is 0 Å². The highest BCUT2D eigenvalue weighted by Crippen LogP contribution is 2.43. The summed E-state index contributed by atoms with van der Waals surface area (Å²) in [6.45, 7) is 1.22. The Balaban J connectivity index is 1.51. The number of nitrogens with one attached hydrogen (secondary N) is 2. The lowest BCUT2D eigenvalue weighted by atomic mass is 9.87. The van der Waals surface area contributed by atoms with Crippen molar-refractivity contribution < 1.29 is 27.1 Å². The number of benzene rings is 2. The molecule has 2 aliphatic rings. The molecular formula is C28H33F5N4O. The van der Waals surface area contributed by atoms with E-state index < -0.39 is 42.8 Å². The summed E-state index contributed by atoms with van der Waals surface area (Å²) < 4.78 is 73.0. The molecule has 38 heavy (non-hydrogen) atoms. The van der Waals surface area contributed by atoms with Crippen LogP contribution in [-0.4, -0.2) is 77.4 Å². The van der Waals surface area contributed by atoms with Crippen LogP contribution in [0.3, 0.4) is 0 Å². The zero-order valence-corrected chi connectivity index (χ0v) is 21.3. The Morgan fingerprint density at radius 3 is 2.61 bits per heavy atom. The van der Waals surface area contributed by atoms with Gasteiger partial charge < -0.3 is 20.3 Å². The number of likely N-dealkylation sites (tertiary alicyclic amines) is 1. The van der Waals surface area contributed by atoms with Crippen molar-refractivity contribution in [3.63, 3.8) is 0 Å². The molecule has 1 fully saturated rings. The fraction of sp³-hybridized carbons (Fsp3) is 0.500. The zero-order valence-electron chi connectivity index (χ0n) is 21.3. The van der Waals surface area contributed by atoms with E-state index in [1.807, 2.05) is 24.3 Å². The maximum atomic E-state index is 15.8. The van der Waals surface area contributed by atoms with Gasteiger partial charge in [0.05, 0.1) is 19.3 Å². The largest absolute Gasteiger partial charge is 0.390 e. The average molecular weight is 537 g/mol. The number of H-pyrrole nitrogens is 1. The lowest BCUT2D eigenvalue weighted by Crippen LogP contribution is -2.49. The first-order valence-electron chi connectivity index (χ1n) is 13.1. The number of para-hydroxylation sites is 1. The van der Waals surface area contributed by atoms with Gasteiger partial charge in [0.1, 0.15) is 18.2 Å². The number of alkyl halides is 3. The summed E-state index contributed by atoms with van der Waals surface area (Å²) in [6.07, 6.45) is 1.63. The number of aliphatic hydroxyl groups is 1. The number of aliphatic hydroxyl groups excluding tert-OH is 1. The van der Waals surface area contributed by atoms with Gasteiger partial charge in [0.25, 0.3) is 5.92 Å². The topological polar surface area (TPSA) is 54.5 Å². The normalized spacial score (nSPS) is 22.8. The molecule has 0 amide bonds. The predicted molar refractivity (Wildman–Crippen MR) is 137 cm³/mol. The summed E-state index contributed by atoms with van der Waals surface area (Å²) in [4.78, 5) is 6.72. The van der Waals surface area contributed by atoms with Crippen LogP contribution in [-0.2, 0) is 6.42 Å². The smallest absolute Gasteiger partial charge is 0.283 e. The number of hydrogen-bond donors (Lipinski definition) is 3. The molecule has 0 radical (unpaired) electrons. The van der Waals surface area contributed by atoms with Crippen LogP contribution >= 0.6 is 0 Å². The Morgan fingerprint density at radius 2 is 1.89 bits per heavy atom. The third-order valence-electron chi connectivity index (χ3n) is 7.77. The van der Waals surface area contributed by atoms with Gasteiger partial charge in [-0.15, -0.1) is 0 Å². The molecule has 206 valence electrons. The van der Waals surface area contributed by atoms with Crippen molar-refractivity contribution in [2.45, 2.75) is 50.2 Å². The van der Waals surface area contributed by atoms with E-state index in [2.05, 4.69) is 15.2 Å². The second kappa shape index (κ2) is 10.8. The minimum Gasteiger partial charge on any atom is -0.390 e. The molecule has 3 heterocycles. The van der Waals surface area contributed by atoms with E-state index in [0.717, 1.165) is 29.4 Å². The molecule has 2 aromatic carbocycles. The predicted octanol–water partition coefficient (Wildman–Crippen LogP) is 5.26. The summed E-state index contributed by atoms with van der Waals surface area (Å²) in [5.74, 6) is -5.11. The number of aromatic nitrogens is 1. The molecule has 0 unspecified atom stereocenters. The van der Waals surface area contributed by atoms with Crippen molar-refractivity contribution in [1.82, 2.24) is 14.8 Å². The second-order valence-electron chi connectivity index (χ2n) is 10.5. The molecule has 3 atom stereocenters. The van der Waals surface area contributed by atoms with E-state index in [-0.39, 0.29) is 24.0 Å². The quantitative estimate of drug-likeness (QED) is 0.327. The number of anilines is 1. The summed E-state index contributed by atoms with van der Waals surface area (Å²) in [5.41, 5.74) is 2.06. The molecule has 3 aromatic rings. The van der Waals surface area contributed by atoms with Crippen LogP contribution in [0.2, 0.25) is 0 Å². The second-order valence-corrected chi connectivity index (χ2v) is 10.5. The zero-order chi connectivity index (χ0) is 27.0. The van der Waals surface area contributed by atoms with Gasteiger partial charge in [-0.05, 0) is 49.9 Å². The first kappa shape index (κ1) is 26.9. The summed E-state index contributed by atoms with van der Waals surface area (Å²) in [7, 11) is 0. The van der Waals surface area contributed by atoms with Crippen LogP contribution in [0.1, 0.15) is 42.6 Å². The SMILES string of the molecule is C[C@@H]1Cc2c([nH]c3ccccc23)[C@@H](c2c(F)cc(N[C@@H]3CCN(CCCF)C3)cc2F)N1CC(F)(F)CO. The summed E-state index contributed by atoms with van der Waals surface area (Å²) >= 11 is 0. The molecule has 10 heteroatoms. The highest BCUT2D eigenvalue weighted by Gasteiger charge is 2.43. The molecule has 2 aliphatic heterocycles. The Morgan fingerprint density at radius 1 is 1.16 bits per heavy atom. The highest BCUT2D eigenvalue weighted by atomic mass is 19.3. The number of nitrogens with zero attached hydrogens (tertiary/aromatic N) is 2. The van der Waals surface area contributed by atoms with E-state index >= 15 is 8.78 Å². The van der Waals surface area contributed by atoms with Crippen LogP contribution in [0.5, 0.6) is 0 Å². The maximum Gasteiger partial charge on any atom is 0.283 e. The van der Waals surface area contributed by atoms with E-state index in [1.54, 1.807) is 6.92 Å². The fourth-order valence-corrected chi connectivity index (χ4v) is 5.98. The first-order chi connectivity index (χ1) is 18.2. The van der Waals surface area contributed by atoms with E-state index in [9.17, 15) is 18.3 Å². The van der Waals surface area contributed by atoms with Crippen molar-refractivity contribution in [2.75, 3.05) is 44.8 Å². The lowest BCUT2D eigenvalue weighted by Gasteiger charge is -2.42. The van der Waals surface area contributed by atoms with Crippen molar-refractivity contribution in [3.05, 3.63) is 64.9 Å². The molecule has 5 nitrogen and oxygen atoms in total. The monoisotopic (exact) mass is 536 g/mol. The fourth-order valence-electron chi connectivity index (χ4n) is 5.98. The van der Waals surface area contributed by atoms with Crippen LogP contribution in [0, 0.1) is 11.6 Å². The average Bonchev–Trinajstić information content (AvgIpc) is 3.48. The Bertz CT molecular complexity index is 1260. The first-order valence-corrected chi connectivity index (χ1v) is 13.1. The number of fused-ring (bicyclic) bond motifs is 3. The van der Waals surface area contributed by atoms with Gasteiger partial charge in [-0.25, -0.2) is 17.6 Å².